The van der Waals surface area contributed by atoms with Crippen molar-refractivity contribution in [2.75, 3.05) is 24.6 Å². The summed E-state index contributed by atoms with van der Waals surface area (Å²) in [7, 11) is 0. The number of likely N-dealkylation sites (tertiary alicyclic amines) is 1. The van der Waals surface area contributed by atoms with Crippen molar-refractivity contribution in [1.82, 2.24) is 4.90 Å². The van der Waals surface area contributed by atoms with Crippen LogP contribution < -0.4 is 5.73 Å². The summed E-state index contributed by atoms with van der Waals surface area (Å²) in [6.45, 7) is 1.65. The van der Waals surface area contributed by atoms with Crippen molar-refractivity contribution in [3.8, 4) is 0 Å². The summed E-state index contributed by atoms with van der Waals surface area (Å²) in [5.41, 5.74) is 7.10. The monoisotopic (exact) mass is 348 g/mol. The average Bonchev–Trinajstić information content (AvgIpc) is 3.03. The summed E-state index contributed by atoms with van der Waals surface area (Å²) < 4.78 is 0. The van der Waals surface area contributed by atoms with Crippen LogP contribution in [0.25, 0.3) is 0 Å². The van der Waals surface area contributed by atoms with E-state index in [4.69, 9.17) is 5.73 Å². The molecule has 23 heavy (non-hydrogen) atoms. The van der Waals surface area contributed by atoms with Gasteiger partial charge < -0.3 is 10.6 Å². The molecule has 0 saturated carbocycles. The van der Waals surface area contributed by atoms with Crippen LogP contribution in [-0.4, -0.2) is 29.6 Å². The van der Waals surface area contributed by atoms with E-state index in [9.17, 15) is 4.79 Å². The lowest BCUT2D eigenvalue weighted by Crippen LogP contribution is -2.29. The molecule has 1 saturated heterocycles. The van der Waals surface area contributed by atoms with Crippen LogP contribution in [0.5, 0.6) is 0 Å². The largest absolute Gasteiger partial charge is 0.398 e. The van der Waals surface area contributed by atoms with E-state index in [2.05, 4.69) is 24.3 Å². The number of hydrogen-bond donors (Lipinski definition) is 1. The maximum Gasteiger partial charge on any atom is 0.255 e. The first-order valence-corrected chi connectivity index (χ1v) is 8.54. The molecule has 3 rings (SSSR count). The van der Waals surface area contributed by atoms with Crippen LogP contribution in [0.3, 0.4) is 0 Å². The molecule has 1 unspecified atom stereocenters. The molecule has 2 aromatic carbocycles. The van der Waals surface area contributed by atoms with Gasteiger partial charge in [-0.05, 0) is 36.6 Å². The van der Waals surface area contributed by atoms with Gasteiger partial charge in [0, 0.05) is 29.4 Å². The summed E-state index contributed by atoms with van der Waals surface area (Å²) in [5.74, 6) is 1.67. The van der Waals surface area contributed by atoms with Crippen molar-refractivity contribution >= 4 is 35.8 Å². The molecule has 0 spiro atoms. The van der Waals surface area contributed by atoms with Gasteiger partial charge in [0.2, 0.25) is 0 Å². The third-order valence-electron chi connectivity index (χ3n) is 3.99. The van der Waals surface area contributed by atoms with E-state index in [1.807, 2.05) is 40.9 Å². The lowest BCUT2D eigenvalue weighted by molar-refractivity contribution is 0.0789. The minimum Gasteiger partial charge on any atom is -0.398 e. The number of nitrogens with zero attached hydrogens (tertiary/aromatic N) is 1. The molecule has 1 fully saturated rings. The Morgan fingerprint density at radius 2 is 1.83 bits per heavy atom. The molecule has 0 bridgehead atoms. The highest BCUT2D eigenvalue weighted by Crippen LogP contribution is 2.27. The summed E-state index contributed by atoms with van der Waals surface area (Å²) in [6.07, 6.45) is 1.07. The molecule has 1 atom stereocenters. The van der Waals surface area contributed by atoms with Gasteiger partial charge in [0.05, 0.1) is 5.56 Å². The van der Waals surface area contributed by atoms with Crippen LogP contribution >= 0.6 is 24.2 Å². The quantitative estimate of drug-likeness (QED) is 0.672. The molecule has 2 aromatic rings. The SMILES string of the molecule is Cl.Nc1ccccc1C(=O)N1CCC(CSc2ccccc2)C1. The van der Waals surface area contributed by atoms with Crippen LogP contribution in [0.4, 0.5) is 5.69 Å². The highest BCUT2D eigenvalue weighted by Gasteiger charge is 2.27. The Kier molecular flexibility index (Phi) is 6.37. The van der Waals surface area contributed by atoms with E-state index in [1.54, 1.807) is 6.07 Å². The van der Waals surface area contributed by atoms with Crippen LogP contribution in [-0.2, 0) is 0 Å². The number of thioether (sulfide) groups is 1. The predicted molar refractivity (Wildman–Crippen MR) is 99.3 cm³/mol. The zero-order valence-corrected chi connectivity index (χ0v) is 14.5. The Bertz CT molecular complexity index is 650. The minimum absolute atomic E-state index is 0. The van der Waals surface area contributed by atoms with Crippen molar-refractivity contribution in [1.29, 1.82) is 0 Å². The number of carbonyl (C=O) groups is 1. The molecule has 122 valence electrons. The van der Waals surface area contributed by atoms with Gasteiger partial charge in [-0.15, -0.1) is 24.2 Å². The van der Waals surface area contributed by atoms with Crippen LogP contribution in [0.1, 0.15) is 16.8 Å². The number of nitrogens with two attached hydrogens (primary N) is 1. The molecule has 1 aliphatic heterocycles. The van der Waals surface area contributed by atoms with E-state index in [0.717, 1.165) is 25.3 Å². The first-order valence-electron chi connectivity index (χ1n) is 7.55. The van der Waals surface area contributed by atoms with Gasteiger partial charge in [-0.1, -0.05) is 30.3 Å². The molecule has 5 heteroatoms. The fraction of sp³-hybridized carbons (Fsp3) is 0.278. The number of benzene rings is 2. The molecule has 1 aliphatic rings. The number of para-hydroxylation sites is 1. The molecule has 0 radical (unpaired) electrons. The third kappa shape index (κ3) is 4.43. The summed E-state index contributed by atoms with van der Waals surface area (Å²) in [4.78, 5) is 15.8. The van der Waals surface area contributed by atoms with Crippen molar-refractivity contribution in [2.24, 2.45) is 5.92 Å². The lowest BCUT2D eigenvalue weighted by atomic mass is 10.1. The predicted octanol–water partition coefficient (Wildman–Crippen LogP) is 3.95. The van der Waals surface area contributed by atoms with Gasteiger partial charge in [0.25, 0.3) is 5.91 Å². The van der Waals surface area contributed by atoms with Gasteiger partial charge in [-0.25, -0.2) is 0 Å². The molecule has 0 aliphatic carbocycles. The van der Waals surface area contributed by atoms with Crippen molar-refractivity contribution < 1.29 is 4.79 Å². The van der Waals surface area contributed by atoms with Gasteiger partial charge in [-0.3, -0.25) is 4.79 Å². The number of carbonyl (C=O) groups excluding carboxylic acids is 1. The van der Waals surface area contributed by atoms with E-state index < -0.39 is 0 Å². The molecule has 2 N–H and O–H groups in total. The average molecular weight is 349 g/mol. The molecule has 1 heterocycles. The number of hydrogen-bond acceptors (Lipinski definition) is 3. The molecule has 1 amide bonds. The van der Waals surface area contributed by atoms with Gasteiger partial charge in [0.1, 0.15) is 0 Å². The molecule has 0 aromatic heterocycles. The lowest BCUT2D eigenvalue weighted by Gasteiger charge is -2.17. The third-order valence-corrected chi connectivity index (χ3v) is 5.24. The smallest absolute Gasteiger partial charge is 0.255 e. The Morgan fingerprint density at radius 1 is 1.13 bits per heavy atom. The first-order chi connectivity index (χ1) is 10.7. The van der Waals surface area contributed by atoms with Gasteiger partial charge in [-0.2, -0.15) is 0 Å². The Balaban J connectivity index is 0.00000192. The maximum absolute atomic E-state index is 12.5. The van der Waals surface area contributed by atoms with E-state index in [1.165, 1.54) is 4.90 Å². The Hall–Kier alpha value is -1.65. The zero-order chi connectivity index (χ0) is 15.4. The topological polar surface area (TPSA) is 46.3 Å². The minimum atomic E-state index is 0. The van der Waals surface area contributed by atoms with Crippen LogP contribution in [0, 0.1) is 5.92 Å². The number of halogens is 1. The number of nitrogen functional groups attached to an aromatic ring is 1. The maximum atomic E-state index is 12.5. The van der Waals surface area contributed by atoms with Gasteiger partial charge in [0.15, 0.2) is 0 Å². The molecular formula is C18H21ClN2OS. The fourth-order valence-corrected chi connectivity index (χ4v) is 3.80. The zero-order valence-electron chi connectivity index (χ0n) is 12.9. The number of rotatable bonds is 4. The van der Waals surface area contributed by atoms with E-state index >= 15 is 0 Å². The van der Waals surface area contributed by atoms with E-state index in [-0.39, 0.29) is 18.3 Å². The van der Waals surface area contributed by atoms with E-state index in [0.29, 0.717) is 17.2 Å². The van der Waals surface area contributed by atoms with Crippen molar-refractivity contribution in [3.05, 3.63) is 60.2 Å². The second-order valence-electron chi connectivity index (χ2n) is 5.62. The Labute approximate surface area is 147 Å². The Morgan fingerprint density at radius 3 is 2.57 bits per heavy atom. The number of anilines is 1. The molecule has 3 nitrogen and oxygen atoms in total. The van der Waals surface area contributed by atoms with Crippen molar-refractivity contribution in [2.45, 2.75) is 11.3 Å². The van der Waals surface area contributed by atoms with Crippen LogP contribution in [0.15, 0.2) is 59.5 Å². The summed E-state index contributed by atoms with van der Waals surface area (Å²) >= 11 is 1.87. The second-order valence-corrected chi connectivity index (χ2v) is 6.71. The first kappa shape index (κ1) is 17.7. The highest BCUT2D eigenvalue weighted by atomic mass is 35.5. The number of amides is 1. The highest BCUT2D eigenvalue weighted by molar-refractivity contribution is 7.99. The van der Waals surface area contributed by atoms with Crippen LogP contribution in [0.2, 0.25) is 0 Å². The summed E-state index contributed by atoms with van der Waals surface area (Å²) in [6, 6.07) is 17.7. The second kappa shape index (κ2) is 8.27. The van der Waals surface area contributed by atoms with Crippen molar-refractivity contribution in [3.63, 3.8) is 0 Å². The fourth-order valence-electron chi connectivity index (χ4n) is 2.75. The normalized spacial score (nSPS) is 16.9. The molecular weight excluding hydrogens is 328 g/mol. The summed E-state index contributed by atoms with van der Waals surface area (Å²) in [5, 5.41) is 0. The van der Waals surface area contributed by atoms with Gasteiger partial charge >= 0.3 is 0 Å². The standard InChI is InChI=1S/C18H20N2OS.ClH/c19-17-9-5-4-8-16(17)18(21)20-11-10-14(12-20)13-22-15-6-2-1-3-7-15;/h1-9,14H,10-13,19H2;1H.